The largest absolute Gasteiger partial charge is 0.464 e. The molecule has 0 amide bonds. The molecule has 0 aliphatic rings. The van der Waals surface area contributed by atoms with Gasteiger partial charge in [-0.25, -0.2) is 0 Å². The molecular formula is C22H44NO9P. The summed E-state index contributed by atoms with van der Waals surface area (Å²) in [5.74, 6) is -0.593. The molecule has 11 heteroatoms. The molecule has 0 aliphatic heterocycles. The molecule has 0 saturated heterocycles. The highest BCUT2D eigenvalue weighted by molar-refractivity contribution is 7.53. The van der Waals surface area contributed by atoms with Crippen LogP contribution in [0.3, 0.4) is 0 Å². The molecule has 0 aliphatic carbocycles. The maximum absolute atomic E-state index is 12.9. The number of carbonyl (C=O) groups is 2. The summed E-state index contributed by atoms with van der Waals surface area (Å²) in [5.41, 5.74) is 0. The Morgan fingerprint density at radius 1 is 0.788 bits per heavy atom. The number of unbranched alkanes of at least 4 members (excludes halogenated alkanes) is 4. The number of carbonyl (C=O) groups excluding carboxylic acids is 2. The molecule has 0 spiro atoms. The molecule has 0 fully saturated rings. The van der Waals surface area contributed by atoms with Crippen LogP contribution in [0.4, 0.5) is 0 Å². The van der Waals surface area contributed by atoms with Crippen LogP contribution in [0.15, 0.2) is 0 Å². The summed E-state index contributed by atoms with van der Waals surface area (Å²) in [4.78, 5) is 25.6. The minimum Gasteiger partial charge on any atom is -0.464 e. The number of methoxy groups -OCH3 is 1. The van der Waals surface area contributed by atoms with Crippen molar-refractivity contribution in [2.45, 2.75) is 65.2 Å². The van der Waals surface area contributed by atoms with Crippen molar-refractivity contribution in [2.24, 2.45) is 0 Å². The lowest BCUT2D eigenvalue weighted by atomic mass is 10.2. The number of aliphatic hydroxyl groups excluding tert-OH is 1. The summed E-state index contributed by atoms with van der Waals surface area (Å²) in [6.45, 7) is 5.62. The van der Waals surface area contributed by atoms with Gasteiger partial charge in [0, 0.05) is 46.3 Å². The molecule has 0 atom stereocenters. The average molecular weight is 498 g/mol. The van der Waals surface area contributed by atoms with Crippen LogP contribution in [0.1, 0.15) is 65.2 Å². The highest BCUT2D eigenvalue weighted by Crippen LogP contribution is 2.48. The summed E-state index contributed by atoms with van der Waals surface area (Å²) >= 11 is 0. The minimum atomic E-state index is -3.35. The summed E-state index contributed by atoms with van der Waals surface area (Å²) in [5, 5.41) is 8.78. The lowest BCUT2D eigenvalue weighted by molar-refractivity contribution is -0.144. The van der Waals surface area contributed by atoms with E-state index in [1.165, 1.54) is 0 Å². The monoisotopic (exact) mass is 497 g/mol. The van der Waals surface area contributed by atoms with Crippen molar-refractivity contribution in [3.05, 3.63) is 0 Å². The van der Waals surface area contributed by atoms with Crippen LogP contribution in [0.5, 0.6) is 0 Å². The van der Waals surface area contributed by atoms with Gasteiger partial charge in [0.2, 0.25) is 0 Å². The molecule has 0 heterocycles. The number of nitrogens with zero attached hydrogens (tertiary/aromatic N) is 1. The fourth-order valence-corrected chi connectivity index (χ4v) is 4.78. The average Bonchev–Trinajstić information content (AvgIpc) is 2.76. The van der Waals surface area contributed by atoms with Gasteiger partial charge in [-0.3, -0.25) is 19.1 Å². The van der Waals surface area contributed by atoms with E-state index in [0.717, 1.165) is 25.7 Å². The van der Waals surface area contributed by atoms with Crippen molar-refractivity contribution in [3.8, 4) is 0 Å². The second kappa shape index (κ2) is 21.5. The first-order valence-electron chi connectivity index (χ1n) is 11.9. The van der Waals surface area contributed by atoms with E-state index in [-0.39, 0.29) is 51.3 Å². The van der Waals surface area contributed by atoms with Gasteiger partial charge < -0.3 is 28.4 Å². The van der Waals surface area contributed by atoms with Crippen LogP contribution in [0, 0.1) is 0 Å². The molecule has 0 radical (unpaired) electrons. The summed E-state index contributed by atoms with van der Waals surface area (Å²) < 4.78 is 39.2. The first-order chi connectivity index (χ1) is 15.9. The van der Waals surface area contributed by atoms with Crippen LogP contribution in [-0.4, -0.2) is 88.1 Å². The van der Waals surface area contributed by atoms with Crippen molar-refractivity contribution in [3.63, 3.8) is 0 Å². The zero-order valence-electron chi connectivity index (χ0n) is 20.6. The quantitative estimate of drug-likeness (QED) is 0.128. The van der Waals surface area contributed by atoms with E-state index >= 15 is 0 Å². The topological polar surface area (TPSA) is 121 Å². The molecular weight excluding hydrogens is 453 g/mol. The number of aliphatic hydroxyl groups is 1. The van der Waals surface area contributed by atoms with Crippen LogP contribution in [0.2, 0.25) is 0 Å². The summed E-state index contributed by atoms with van der Waals surface area (Å²) in [6.07, 6.45) is 5.27. The fraction of sp³-hybridized carbons (Fsp3) is 0.909. The van der Waals surface area contributed by atoms with Crippen LogP contribution < -0.4 is 0 Å². The Hall–Kier alpha value is -1.03. The SMILES string of the molecule is CCOP(=O)(CN(CCOC(=O)CCCCCO)CCOC(=O)CCCCCOC)OCC. The number of hydrogen-bond donors (Lipinski definition) is 1. The molecule has 0 aromatic carbocycles. The molecule has 10 nitrogen and oxygen atoms in total. The standard InChI is InChI=1S/C22H44NO9P/c1-4-31-33(27,32-5-2)20-23(14-18-29-21(25)12-8-6-10-16-24)15-19-30-22(26)13-9-7-11-17-28-3/h24H,4-20H2,1-3H3. The predicted molar refractivity (Wildman–Crippen MR) is 125 cm³/mol. The molecule has 1 N–H and O–H groups in total. The molecule has 0 aromatic rings. The predicted octanol–water partition coefficient (Wildman–Crippen LogP) is 3.36. The Labute approximate surface area is 198 Å². The number of esters is 2. The highest BCUT2D eigenvalue weighted by atomic mass is 31.2. The second-order valence-corrected chi connectivity index (χ2v) is 9.51. The van der Waals surface area contributed by atoms with E-state index in [9.17, 15) is 14.2 Å². The molecule has 196 valence electrons. The Morgan fingerprint density at radius 2 is 1.30 bits per heavy atom. The van der Waals surface area contributed by atoms with Crippen molar-refractivity contribution < 1.29 is 42.5 Å². The first kappa shape index (κ1) is 32.0. The van der Waals surface area contributed by atoms with Crippen LogP contribution in [0.25, 0.3) is 0 Å². The molecule has 0 bridgehead atoms. The normalized spacial score (nSPS) is 11.7. The van der Waals surface area contributed by atoms with Gasteiger partial charge in [0.25, 0.3) is 0 Å². The Morgan fingerprint density at radius 3 is 1.76 bits per heavy atom. The maximum atomic E-state index is 12.9. The Kier molecular flexibility index (Phi) is 20.8. The molecule has 0 aromatic heterocycles. The highest BCUT2D eigenvalue weighted by Gasteiger charge is 2.27. The van der Waals surface area contributed by atoms with Crippen molar-refractivity contribution in [1.29, 1.82) is 0 Å². The van der Waals surface area contributed by atoms with Gasteiger partial charge in [0.1, 0.15) is 19.5 Å². The van der Waals surface area contributed by atoms with Gasteiger partial charge in [-0.2, -0.15) is 0 Å². The van der Waals surface area contributed by atoms with Gasteiger partial charge >= 0.3 is 19.5 Å². The molecule has 0 unspecified atom stereocenters. The maximum Gasteiger partial charge on any atom is 0.344 e. The van der Waals surface area contributed by atoms with E-state index in [1.54, 1.807) is 25.9 Å². The van der Waals surface area contributed by atoms with Crippen molar-refractivity contribution in [2.75, 3.05) is 66.1 Å². The van der Waals surface area contributed by atoms with E-state index in [4.69, 9.17) is 28.4 Å². The summed E-state index contributed by atoms with van der Waals surface area (Å²) in [7, 11) is -1.70. The molecule has 33 heavy (non-hydrogen) atoms. The van der Waals surface area contributed by atoms with Crippen molar-refractivity contribution >= 4 is 19.5 Å². The first-order valence-corrected chi connectivity index (χ1v) is 13.6. The van der Waals surface area contributed by atoms with E-state index in [0.29, 0.717) is 45.4 Å². The van der Waals surface area contributed by atoms with Crippen LogP contribution >= 0.6 is 7.60 Å². The van der Waals surface area contributed by atoms with Crippen molar-refractivity contribution in [1.82, 2.24) is 4.90 Å². The summed E-state index contributed by atoms with van der Waals surface area (Å²) in [6, 6.07) is 0. The molecule has 0 saturated carbocycles. The molecule has 0 rings (SSSR count). The van der Waals surface area contributed by atoms with Crippen LogP contribution in [-0.2, 0) is 37.4 Å². The third kappa shape index (κ3) is 19.0. The van der Waals surface area contributed by atoms with Gasteiger partial charge in [-0.1, -0.05) is 12.8 Å². The lowest BCUT2D eigenvalue weighted by Crippen LogP contribution is -2.33. The third-order valence-corrected chi connectivity index (χ3v) is 6.68. The smallest absolute Gasteiger partial charge is 0.344 e. The second-order valence-electron chi connectivity index (χ2n) is 7.48. The van der Waals surface area contributed by atoms with Gasteiger partial charge in [-0.05, 0) is 39.5 Å². The minimum absolute atomic E-state index is 0.0112. The third-order valence-electron chi connectivity index (χ3n) is 4.63. The zero-order chi connectivity index (χ0) is 24.8. The number of ether oxygens (including phenoxy) is 3. The zero-order valence-corrected chi connectivity index (χ0v) is 21.5. The van der Waals surface area contributed by atoms with E-state index < -0.39 is 7.60 Å². The fourth-order valence-electron chi connectivity index (χ4n) is 2.98. The van der Waals surface area contributed by atoms with Gasteiger partial charge in [0.15, 0.2) is 0 Å². The Bertz CT molecular complexity index is 538. The van der Waals surface area contributed by atoms with E-state index in [1.807, 2.05) is 0 Å². The Balaban J connectivity index is 4.55. The van der Waals surface area contributed by atoms with Gasteiger partial charge in [-0.15, -0.1) is 0 Å². The van der Waals surface area contributed by atoms with Gasteiger partial charge in [0.05, 0.1) is 13.2 Å². The number of rotatable bonds is 23. The van der Waals surface area contributed by atoms with E-state index in [2.05, 4.69) is 0 Å². The number of hydrogen-bond acceptors (Lipinski definition) is 10. The lowest BCUT2D eigenvalue weighted by Gasteiger charge is -2.26.